The van der Waals surface area contributed by atoms with Crippen LogP contribution in [0.4, 0.5) is 0 Å². The number of carbonyl (C=O) groups excluding carboxylic acids is 2. The molecule has 0 aliphatic carbocycles. The van der Waals surface area contributed by atoms with E-state index in [1.165, 1.54) is 73.9 Å². The zero-order valence-electron chi connectivity index (χ0n) is 56.6. The fourth-order valence-electron chi connectivity index (χ4n) is 11.3. The van der Waals surface area contributed by atoms with Crippen LogP contribution >= 0.6 is 15.2 Å². The van der Waals surface area contributed by atoms with Crippen LogP contribution in [-0.4, -0.2) is 105 Å². The first-order chi connectivity index (χ1) is 42.4. The van der Waals surface area contributed by atoms with Crippen molar-refractivity contribution in [3.05, 3.63) is 70.8 Å². The zero-order valence-corrected chi connectivity index (χ0v) is 58.4. The standard InChI is InChI=1S/C37H61O8P.C22H37O7P.C12H22O.10CH4/c1-6-33-37(5,43-33)25-17-18-29(3)19-23-34-36(4,7-2)45-46(41,44-34)27-16-14-12-10-8-9-11-13-15-26-42-35(40)24-21-30-20-22-31(38)32(39)28-30;1-2-29-30(26,27)17-11-9-7-5-3-4-6-8-10-16-28-22(25)15-13-19-12-14-20(23)21(24)18-19;1-5-10(3)8-7-9-12(4)11(6-2)13-12;;;;;;;;;;/h18,20,22,28,33-34,38-39H,6-17,19,21,23-27H2,1-5H3;12,14,18,23-24H,2-11,13,15-17H2,1H3,(H,26,27);8,11H,5-7,9H2,1-4H3;10*1H4/b29-18-;;10-8-;;;;;;;;;;. The Morgan fingerprint density at radius 2 is 0.909 bits per heavy atom. The molecule has 0 saturated carbocycles. The van der Waals surface area contributed by atoms with Gasteiger partial charge in [0.25, 0.3) is 0 Å². The van der Waals surface area contributed by atoms with Crippen molar-refractivity contribution in [2.24, 2.45) is 0 Å². The fourth-order valence-corrected chi connectivity index (χ4v) is 14.9. The van der Waals surface area contributed by atoms with E-state index in [1.54, 1.807) is 19.1 Å². The van der Waals surface area contributed by atoms with Crippen LogP contribution in [0.5, 0.6) is 23.0 Å². The second-order valence-corrected chi connectivity index (χ2v) is 29.7. The third kappa shape index (κ3) is 46.6. The van der Waals surface area contributed by atoms with Crippen molar-refractivity contribution in [3.8, 4) is 23.0 Å². The molecule has 0 spiro atoms. The van der Waals surface area contributed by atoms with Crippen LogP contribution in [0, 0.1) is 0 Å². The van der Waals surface area contributed by atoms with Crippen LogP contribution in [0.1, 0.15) is 347 Å². The lowest BCUT2D eigenvalue weighted by atomic mass is 9.91. The number of epoxide rings is 2. The van der Waals surface area contributed by atoms with Gasteiger partial charge in [-0.3, -0.25) is 23.2 Å². The Labute approximate surface area is 610 Å². The first kappa shape index (κ1) is 111. The number of carbonyl (C=O) groups is 2. The normalized spacial score (nSPS) is 21.2. The van der Waals surface area contributed by atoms with Gasteiger partial charge in [-0.05, 0) is 180 Å². The van der Waals surface area contributed by atoms with Crippen molar-refractivity contribution < 1.29 is 76.6 Å². The summed E-state index contributed by atoms with van der Waals surface area (Å²) < 4.78 is 64.3. The number of benzene rings is 2. The summed E-state index contributed by atoms with van der Waals surface area (Å²) >= 11 is 0. The molecule has 0 aromatic heterocycles. The van der Waals surface area contributed by atoms with Gasteiger partial charge in [0.1, 0.15) is 5.60 Å². The maximum atomic E-state index is 13.5. The molecule has 99 heavy (non-hydrogen) atoms. The molecule has 18 heteroatoms. The molecule has 0 radical (unpaired) electrons. The number of hydrogen-bond acceptors (Lipinski definition) is 15. The molecule has 2 aromatic carbocycles. The molecule has 3 aliphatic heterocycles. The second kappa shape index (κ2) is 59.6. The van der Waals surface area contributed by atoms with Gasteiger partial charge in [0.2, 0.25) is 0 Å². The molecule has 2 aromatic rings. The van der Waals surface area contributed by atoms with Gasteiger partial charge < -0.3 is 53.3 Å². The predicted molar refractivity (Wildman–Crippen MR) is 425 cm³/mol. The van der Waals surface area contributed by atoms with E-state index in [2.05, 4.69) is 74.5 Å². The molecule has 3 saturated heterocycles. The van der Waals surface area contributed by atoms with E-state index in [0.717, 1.165) is 152 Å². The molecular weight excluding hydrogens is 1290 g/mol. The van der Waals surface area contributed by atoms with Crippen molar-refractivity contribution in [3.63, 3.8) is 0 Å². The van der Waals surface area contributed by atoms with Gasteiger partial charge in [0, 0.05) is 19.0 Å². The van der Waals surface area contributed by atoms with E-state index >= 15 is 0 Å². The van der Waals surface area contributed by atoms with Crippen LogP contribution < -0.4 is 0 Å². The molecule has 0 bridgehead atoms. The van der Waals surface area contributed by atoms with E-state index in [1.807, 2.05) is 0 Å². The Morgan fingerprint density at radius 1 is 0.525 bits per heavy atom. The lowest BCUT2D eigenvalue weighted by molar-refractivity contribution is -0.144. The molecule has 590 valence electrons. The first-order valence-electron chi connectivity index (χ1n) is 34.3. The van der Waals surface area contributed by atoms with Crippen LogP contribution in [0.3, 0.4) is 0 Å². The number of phenols is 4. The highest BCUT2D eigenvalue weighted by Crippen LogP contribution is 2.62. The number of ether oxygens (including phenoxy) is 4. The van der Waals surface area contributed by atoms with Gasteiger partial charge >= 0.3 is 27.1 Å². The van der Waals surface area contributed by atoms with Gasteiger partial charge in [-0.15, -0.1) is 0 Å². The quantitative estimate of drug-likeness (QED) is 0.0103. The Balaban J connectivity index is -0.000000226. The third-order valence-electron chi connectivity index (χ3n) is 17.8. The highest BCUT2D eigenvalue weighted by atomic mass is 31.2. The summed E-state index contributed by atoms with van der Waals surface area (Å²) in [6, 6.07) is 9.12. The summed E-state index contributed by atoms with van der Waals surface area (Å²) in [5, 5.41) is 37.6. The Hall–Kier alpha value is -3.72. The minimum absolute atomic E-state index is 0. The van der Waals surface area contributed by atoms with Crippen LogP contribution in [0.15, 0.2) is 59.7 Å². The van der Waals surface area contributed by atoms with E-state index in [4.69, 9.17) is 32.5 Å². The van der Waals surface area contributed by atoms with Crippen LogP contribution in [0.25, 0.3) is 0 Å². The Morgan fingerprint density at radius 3 is 1.27 bits per heavy atom. The summed E-state index contributed by atoms with van der Waals surface area (Å²) in [7, 11) is -6.43. The Kier molecular flexibility index (Phi) is 67.0. The largest absolute Gasteiger partial charge is 0.504 e. The van der Waals surface area contributed by atoms with E-state index < -0.39 is 20.8 Å². The molecule has 5 rings (SSSR count). The van der Waals surface area contributed by atoms with Crippen LogP contribution in [-0.2, 0) is 64.1 Å². The number of hydrogen-bond donors (Lipinski definition) is 5. The van der Waals surface area contributed by atoms with E-state index in [-0.39, 0.29) is 152 Å². The van der Waals surface area contributed by atoms with Gasteiger partial charge in [-0.2, -0.15) is 0 Å². The van der Waals surface area contributed by atoms with Crippen molar-refractivity contribution in [1.29, 1.82) is 0 Å². The van der Waals surface area contributed by atoms with Gasteiger partial charge in [-0.1, -0.05) is 227 Å². The molecule has 3 fully saturated rings. The summed E-state index contributed by atoms with van der Waals surface area (Å²) in [6.07, 6.45) is 36.8. The third-order valence-corrected chi connectivity index (χ3v) is 21.5. The highest BCUT2D eigenvalue weighted by Gasteiger charge is 2.52. The van der Waals surface area contributed by atoms with Crippen molar-refractivity contribution in [1.82, 2.24) is 0 Å². The maximum absolute atomic E-state index is 13.5. The summed E-state index contributed by atoms with van der Waals surface area (Å²) in [5.41, 5.74) is 4.20. The number of aryl methyl sites for hydroxylation is 2. The van der Waals surface area contributed by atoms with Gasteiger partial charge in [0.15, 0.2) is 23.0 Å². The first-order valence-corrected chi connectivity index (χ1v) is 37.8. The summed E-state index contributed by atoms with van der Waals surface area (Å²) in [4.78, 5) is 33.2. The lowest BCUT2D eigenvalue weighted by Crippen LogP contribution is -2.35. The van der Waals surface area contributed by atoms with Gasteiger partial charge in [-0.25, -0.2) is 0 Å². The van der Waals surface area contributed by atoms with Crippen molar-refractivity contribution in [2.75, 3.05) is 32.1 Å². The molecule has 16 nitrogen and oxygen atoms in total. The topological polar surface area (TPSA) is 241 Å². The summed E-state index contributed by atoms with van der Waals surface area (Å²) in [5.74, 6) is -1.18. The SMILES string of the molecule is C.C.C.C.C.C.C.C.C.C.CC/C(C)=C\CCC1(C)OC1CC.CCC1OC1(C)CC/C=C(/C)CCC1OP(=O)(CCCCCCCCCCCOC(=O)CCc2ccc(O)c(O)c2)OC1(C)CC.CCOP(=O)(O)CCCCCCCCCCCOC(=O)CCc1ccc(O)c(O)c1. The highest BCUT2D eigenvalue weighted by molar-refractivity contribution is 7.54. The smallest absolute Gasteiger partial charge is 0.331 e. The monoisotopic (exact) mass is 1450 g/mol. The molecular formula is C81H160O16P2. The second-order valence-electron chi connectivity index (χ2n) is 25.6. The van der Waals surface area contributed by atoms with Crippen molar-refractivity contribution >= 4 is 27.1 Å². The Bertz CT molecular complexity index is 2500. The average molecular weight is 1450 g/mol. The molecule has 8 unspecified atom stereocenters. The number of aromatic hydroxyl groups is 4. The number of phenolic OH excluding ortho intramolecular Hbond substituents is 4. The average Bonchev–Trinajstić information content (AvgIpc) is 1.65. The minimum Gasteiger partial charge on any atom is -0.504 e. The number of unbranched alkanes of at least 4 members (excludes halogenated alkanes) is 16. The molecule has 5 N–H and O–H groups in total. The number of rotatable bonds is 45. The van der Waals surface area contributed by atoms with Crippen LogP contribution in [0.2, 0.25) is 0 Å². The molecule has 3 aliphatic rings. The number of esters is 2. The van der Waals surface area contributed by atoms with Gasteiger partial charge in [0.05, 0.1) is 55.5 Å². The van der Waals surface area contributed by atoms with E-state index in [0.29, 0.717) is 44.4 Å². The molecule has 0 amide bonds. The zero-order chi connectivity index (χ0) is 65.8. The lowest BCUT2D eigenvalue weighted by Gasteiger charge is -2.26. The molecule has 3 heterocycles. The number of allylic oxidation sites excluding steroid dienone is 4. The van der Waals surface area contributed by atoms with E-state index in [9.17, 15) is 44.0 Å². The minimum atomic E-state index is -3.36. The fraction of sp³-hybridized carbons (Fsp3) is 0.778. The molecule has 8 atom stereocenters. The predicted octanol–water partition coefficient (Wildman–Crippen LogP) is 25.3. The van der Waals surface area contributed by atoms with Crippen molar-refractivity contribution in [2.45, 2.75) is 384 Å². The summed E-state index contributed by atoms with van der Waals surface area (Å²) in [6.45, 7) is 22.4. The maximum Gasteiger partial charge on any atom is 0.331 e.